The van der Waals surface area contributed by atoms with E-state index in [4.69, 9.17) is 0 Å². The summed E-state index contributed by atoms with van der Waals surface area (Å²) in [6.45, 7) is 7.75. The van der Waals surface area contributed by atoms with Gasteiger partial charge in [0.2, 0.25) is 5.91 Å². The quantitative estimate of drug-likeness (QED) is 0.807. The van der Waals surface area contributed by atoms with E-state index < -0.39 is 0 Å². The zero-order chi connectivity index (χ0) is 13.2. The molecule has 0 spiro atoms. The minimum absolute atomic E-state index is 0.254. The third kappa shape index (κ3) is 2.87. The summed E-state index contributed by atoms with van der Waals surface area (Å²) in [5.74, 6) is 0.254. The summed E-state index contributed by atoms with van der Waals surface area (Å²) in [6.07, 6.45) is 7.66. The van der Waals surface area contributed by atoms with Crippen LogP contribution in [0.3, 0.4) is 0 Å². The molecule has 0 aromatic rings. The van der Waals surface area contributed by atoms with Crippen LogP contribution in [0.4, 0.5) is 0 Å². The maximum absolute atomic E-state index is 12.6. The van der Waals surface area contributed by atoms with Gasteiger partial charge in [-0.2, -0.15) is 0 Å². The number of amides is 1. The Hall–Kier alpha value is -0.570. The van der Waals surface area contributed by atoms with Gasteiger partial charge in [-0.25, -0.2) is 0 Å². The van der Waals surface area contributed by atoms with Gasteiger partial charge >= 0.3 is 0 Å². The lowest BCUT2D eigenvalue weighted by Crippen LogP contribution is -2.55. The van der Waals surface area contributed by atoms with Gasteiger partial charge in [-0.15, -0.1) is 0 Å². The summed E-state index contributed by atoms with van der Waals surface area (Å²) in [7, 11) is 0. The van der Waals surface area contributed by atoms with Crippen molar-refractivity contribution in [3.05, 3.63) is 0 Å². The van der Waals surface area contributed by atoms with Gasteiger partial charge in [0.1, 0.15) is 0 Å². The highest BCUT2D eigenvalue weighted by atomic mass is 16.2. The van der Waals surface area contributed by atoms with Crippen LogP contribution in [-0.2, 0) is 4.79 Å². The average Bonchev–Trinajstić information content (AvgIpc) is 2.87. The monoisotopic (exact) mass is 252 g/mol. The molecule has 104 valence electrons. The van der Waals surface area contributed by atoms with E-state index >= 15 is 0 Å². The Bertz CT molecular complexity index is 306. The Kier molecular flexibility index (Phi) is 4.00. The summed E-state index contributed by atoms with van der Waals surface area (Å²) in [6, 6.07) is 0.392. The lowest BCUT2D eigenvalue weighted by atomic mass is 9.89. The molecular weight excluding hydrogens is 224 g/mol. The molecule has 1 saturated carbocycles. The fraction of sp³-hybridized carbons (Fsp3) is 0.933. The summed E-state index contributed by atoms with van der Waals surface area (Å²) in [5, 5.41) is 6.75. The van der Waals surface area contributed by atoms with E-state index in [2.05, 4.69) is 31.4 Å². The van der Waals surface area contributed by atoms with E-state index in [0.717, 1.165) is 45.1 Å². The molecule has 2 atom stereocenters. The van der Waals surface area contributed by atoms with Gasteiger partial charge < -0.3 is 10.6 Å². The van der Waals surface area contributed by atoms with Gasteiger partial charge in [0.15, 0.2) is 0 Å². The number of nitrogens with one attached hydrogen (secondary N) is 2. The molecule has 1 saturated heterocycles. The Balaban J connectivity index is 1.94. The van der Waals surface area contributed by atoms with E-state index in [1.807, 2.05) is 0 Å². The number of hydrogen-bond donors (Lipinski definition) is 2. The molecule has 2 rings (SSSR count). The van der Waals surface area contributed by atoms with E-state index in [9.17, 15) is 4.79 Å². The van der Waals surface area contributed by atoms with Gasteiger partial charge in [0.25, 0.3) is 0 Å². The van der Waals surface area contributed by atoms with Gasteiger partial charge in [-0.05, 0) is 50.5 Å². The van der Waals surface area contributed by atoms with Crippen LogP contribution in [0.1, 0.15) is 65.7 Å². The fourth-order valence-corrected chi connectivity index (χ4v) is 3.64. The molecule has 3 nitrogen and oxygen atoms in total. The molecular formula is C15H28N2O. The fourth-order valence-electron chi connectivity index (χ4n) is 3.64. The first kappa shape index (κ1) is 13.9. The van der Waals surface area contributed by atoms with Crippen molar-refractivity contribution in [2.45, 2.75) is 77.3 Å². The zero-order valence-corrected chi connectivity index (χ0v) is 12.1. The number of hydrogen-bond acceptors (Lipinski definition) is 2. The number of rotatable bonds is 4. The normalized spacial score (nSPS) is 34.7. The summed E-state index contributed by atoms with van der Waals surface area (Å²) < 4.78 is 0. The molecule has 18 heavy (non-hydrogen) atoms. The van der Waals surface area contributed by atoms with Crippen LogP contribution >= 0.6 is 0 Å². The summed E-state index contributed by atoms with van der Waals surface area (Å²) >= 11 is 0. The third-order valence-corrected chi connectivity index (χ3v) is 4.66. The SMILES string of the molecule is CCCC1(C(=O)NC2CCC(C)(C)C2)CCCN1. The van der Waals surface area contributed by atoms with Crippen LogP contribution in [-0.4, -0.2) is 24.0 Å². The highest BCUT2D eigenvalue weighted by molar-refractivity contribution is 5.87. The standard InChI is InChI=1S/C15H28N2O/c1-4-7-15(8-5-10-16-15)13(18)17-12-6-9-14(2,3)11-12/h12,16H,4-11H2,1-3H3,(H,17,18). The first-order chi connectivity index (χ1) is 8.47. The highest BCUT2D eigenvalue weighted by Crippen LogP contribution is 2.37. The second-order valence-electron chi connectivity index (χ2n) is 6.94. The highest BCUT2D eigenvalue weighted by Gasteiger charge is 2.42. The van der Waals surface area contributed by atoms with Gasteiger partial charge in [-0.1, -0.05) is 27.2 Å². The molecule has 3 heteroatoms. The van der Waals surface area contributed by atoms with E-state index in [1.165, 1.54) is 6.42 Å². The predicted molar refractivity (Wildman–Crippen MR) is 74.4 cm³/mol. The molecule has 0 radical (unpaired) electrons. The van der Waals surface area contributed by atoms with E-state index in [0.29, 0.717) is 11.5 Å². The molecule has 0 bridgehead atoms. The second-order valence-corrected chi connectivity index (χ2v) is 6.94. The molecule has 0 aromatic heterocycles. The van der Waals surface area contributed by atoms with Crippen LogP contribution in [0, 0.1) is 5.41 Å². The topological polar surface area (TPSA) is 41.1 Å². The van der Waals surface area contributed by atoms with Gasteiger partial charge in [-0.3, -0.25) is 4.79 Å². The summed E-state index contributed by atoms with van der Waals surface area (Å²) in [4.78, 5) is 12.6. The van der Waals surface area contributed by atoms with Crippen molar-refractivity contribution in [3.8, 4) is 0 Å². The zero-order valence-electron chi connectivity index (χ0n) is 12.1. The maximum atomic E-state index is 12.6. The van der Waals surface area contributed by atoms with Gasteiger partial charge in [0, 0.05) is 6.04 Å². The molecule has 1 aliphatic carbocycles. The van der Waals surface area contributed by atoms with Crippen molar-refractivity contribution >= 4 is 5.91 Å². The van der Waals surface area contributed by atoms with Crippen molar-refractivity contribution < 1.29 is 4.79 Å². The van der Waals surface area contributed by atoms with Crippen molar-refractivity contribution in [2.24, 2.45) is 5.41 Å². The third-order valence-electron chi connectivity index (χ3n) is 4.66. The molecule has 1 amide bonds. The van der Waals surface area contributed by atoms with Crippen molar-refractivity contribution in [3.63, 3.8) is 0 Å². The molecule has 1 heterocycles. The van der Waals surface area contributed by atoms with Crippen LogP contribution < -0.4 is 10.6 Å². The number of carbonyl (C=O) groups is 1. The molecule has 2 aliphatic rings. The smallest absolute Gasteiger partial charge is 0.240 e. The minimum atomic E-state index is -0.262. The predicted octanol–water partition coefficient (Wildman–Crippen LogP) is 2.60. The van der Waals surface area contributed by atoms with Crippen molar-refractivity contribution in [1.29, 1.82) is 0 Å². The van der Waals surface area contributed by atoms with Gasteiger partial charge in [0.05, 0.1) is 5.54 Å². The largest absolute Gasteiger partial charge is 0.352 e. The van der Waals surface area contributed by atoms with Crippen molar-refractivity contribution in [1.82, 2.24) is 10.6 Å². The first-order valence-corrected chi connectivity index (χ1v) is 7.53. The molecule has 1 aliphatic heterocycles. The van der Waals surface area contributed by atoms with Crippen LogP contribution in [0.25, 0.3) is 0 Å². The Labute approximate surface area is 111 Å². The summed E-state index contributed by atoms with van der Waals surface area (Å²) in [5.41, 5.74) is 0.139. The minimum Gasteiger partial charge on any atom is -0.352 e. The molecule has 2 fully saturated rings. The van der Waals surface area contributed by atoms with E-state index in [1.54, 1.807) is 0 Å². The lowest BCUT2D eigenvalue weighted by molar-refractivity contribution is -0.128. The Morgan fingerprint density at radius 1 is 1.39 bits per heavy atom. The van der Waals surface area contributed by atoms with Crippen LogP contribution in [0.15, 0.2) is 0 Å². The van der Waals surface area contributed by atoms with E-state index in [-0.39, 0.29) is 11.4 Å². The van der Waals surface area contributed by atoms with Crippen LogP contribution in [0.5, 0.6) is 0 Å². The first-order valence-electron chi connectivity index (χ1n) is 7.53. The molecule has 0 aromatic carbocycles. The van der Waals surface area contributed by atoms with Crippen LogP contribution in [0.2, 0.25) is 0 Å². The lowest BCUT2D eigenvalue weighted by Gasteiger charge is -2.30. The Morgan fingerprint density at radius 3 is 2.67 bits per heavy atom. The van der Waals surface area contributed by atoms with Crippen molar-refractivity contribution in [2.75, 3.05) is 6.54 Å². The molecule has 2 unspecified atom stereocenters. The number of carbonyl (C=O) groups excluding carboxylic acids is 1. The Morgan fingerprint density at radius 2 is 2.17 bits per heavy atom. The second kappa shape index (κ2) is 5.20. The maximum Gasteiger partial charge on any atom is 0.240 e. The molecule has 2 N–H and O–H groups in total. The average molecular weight is 252 g/mol.